The lowest BCUT2D eigenvalue weighted by atomic mass is 9.94. The second kappa shape index (κ2) is 10.6. The van der Waals surface area contributed by atoms with Crippen LogP contribution in [0.4, 0.5) is 0 Å². The van der Waals surface area contributed by atoms with E-state index in [0.29, 0.717) is 22.6 Å². The zero-order valence-corrected chi connectivity index (χ0v) is 22.2. The van der Waals surface area contributed by atoms with Gasteiger partial charge in [0, 0.05) is 16.6 Å². The van der Waals surface area contributed by atoms with Crippen molar-refractivity contribution in [3.8, 4) is 11.5 Å². The van der Waals surface area contributed by atoms with Gasteiger partial charge in [0.15, 0.2) is 0 Å². The van der Waals surface area contributed by atoms with Gasteiger partial charge in [0.25, 0.3) is 11.7 Å². The summed E-state index contributed by atoms with van der Waals surface area (Å²) in [6, 6.07) is 19.2. The Morgan fingerprint density at radius 3 is 2.22 bits per heavy atom. The molecule has 7 heteroatoms. The molecule has 1 heterocycles. The Bertz CT molecular complexity index is 1310. The molecule has 4 rings (SSSR count). The number of carbonyl (C=O) groups is 2. The minimum absolute atomic E-state index is 0.0113. The van der Waals surface area contributed by atoms with Crippen LogP contribution < -0.4 is 9.47 Å². The van der Waals surface area contributed by atoms with E-state index in [1.807, 2.05) is 75.4 Å². The lowest BCUT2D eigenvalue weighted by Crippen LogP contribution is -2.29. The molecule has 6 nitrogen and oxygen atoms in total. The van der Waals surface area contributed by atoms with Crippen molar-refractivity contribution >= 4 is 33.4 Å². The fraction of sp³-hybridized carbons (Fsp3) is 0.241. The molecule has 186 valence electrons. The minimum Gasteiger partial charge on any atom is -0.507 e. The first kappa shape index (κ1) is 25.5. The molecule has 1 fully saturated rings. The van der Waals surface area contributed by atoms with E-state index in [1.54, 1.807) is 19.2 Å². The number of rotatable bonds is 7. The van der Waals surface area contributed by atoms with Crippen LogP contribution in [-0.2, 0) is 16.1 Å². The van der Waals surface area contributed by atoms with E-state index >= 15 is 0 Å². The van der Waals surface area contributed by atoms with Crippen molar-refractivity contribution in [1.82, 2.24) is 4.90 Å². The summed E-state index contributed by atoms with van der Waals surface area (Å²) in [6.45, 7) is 5.98. The van der Waals surface area contributed by atoms with Crippen molar-refractivity contribution in [2.45, 2.75) is 39.5 Å². The van der Waals surface area contributed by atoms with Crippen LogP contribution in [-0.4, -0.2) is 34.9 Å². The Balaban J connectivity index is 1.81. The number of methoxy groups -OCH3 is 1. The van der Waals surface area contributed by atoms with Crippen LogP contribution >= 0.6 is 15.9 Å². The van der Waals surface area contributed by atoms with Crippen molar-refractivity contribution in [3.05, 3.63) is 99.0 Å². The highest BCUT2D eigenvalue weighted by molar-refractivity contribution is 9.10. The molecule has 1 atom stereocenters. The maximum absolute atomic E-state index is 13.3. The number of Topliss-reactive ketones (excluding diaryl/α,β-unsaturated/α-hetero) is 1. The molecular formula is C29H28BrNO5. The van der Waals surface area contributed by atoms with E-state index in [9.17, 15) is 14.7 Å². The van der Waals surface area contributed by atoms with E-state index in [-0.39, 0.29) is 24.0 Å². The van der Waals surface area contributed by atoms with Crippen molar-refractivity contribution in [2.75, 3.05) is 7.11 Å². The number of benzene rings is 3. The molecule has 0 radical (unpaired) electrons. The Kier molecular flexibility index (Phi) is 7.50. The number of amides is 1. The SMILES string of the molecule is COc1ccc(CN2C(=O)C(=O)/C(=C(\O)c3ccc(Br)c(C)c3)C2c2ccc(OC(C)C)cc2)cc1. The molecule has 1 aliphatic rings. The summed E-state index contributed by atoms with van der Waals surface area (Å²) in [4.78, 5) is 28.1. The Labute approximate surface area is 219 Å². The lowest BCUT2D eigenvalue weighted by Gasteiger charge is -2.26. The summed E-state index contributed by atoms with van der Waals surface area (Å²) in [6.07, 6.45) is 0.0113. The summed E-state index contributed by atoms with van der Waals surface area (Å²) < 4.78 is 11.9. The summed E-state index contributed by atoms with van der Waals surface area (Å²) in [5.74, 6) is -0.190. The zero-order chi connectivity index (χ0) is 26.0. The molecule has 1 aliphatic heterocycles. The summed E-state index contributed by atoms with van der Waals surface area (Å²) in [5, 5.41) is 11.3. The number of aliphatic hydroxyl groups is 1. The number of carbonyl (C=O) groups excluding carboxylic acids is 2. The van der Waals surface area contributed by atoms with Gasteiger partial charge in [-0.25, -0.2) is 0 Å². The first-order valence-electron chi connectivity index (χ1n) is 11.6. The van der Waals surface area contributed by atoms with E-state index in [4.69, 9.17) is 9.47 Å². The van der Waals surface area contributed by atoms with Crippen LogP contribution in [0.1, 0.15) is 42.1 Å². The monoisotopic (exact) mass is 549 g/mol. The number of aliphatic hydroxyl groups excluding tert-OH is 1. The molecular weight excluding hydrogens is 522 g/mol. The summed E-state index contributed by atoms with van der Waals surface area (Å²) >= 11 is 3.46. The largest absolute Gasteiger partial charge is 0.507 e. The first-order chi connectivity index (χ1) is 17.2. The van der Waals surface area contributed by atoms with Crippen LogP contribution in [0.25, 0.3) is 5.76 Å². The molecule has 0 aromatic heterocycles. The number of hydrogen-bond donors (Lipinski definition) is 1. The van der Waals surface area contributed by atoms with Gasteiger partial charge in [-0.15, -0.1) is 0 Å². The van der Waals surface area contributed by atoms with Crippen molar-refractivity contribution in [2.24, 2.45) is 0 Å². The van der Waals surface area contributed by atoms with E-state index in [0.717, 1.165) is 15.6 Å². The predicted octanol–water partition coefficient (Wildman–Crippen LogP) is 6.18. The number of nitrogens with zero attached hydrogens (tertiary/aromatic N) is 1. The molecule has 1 N–H and O–H groups in total. The van der Waals surface area contributed by atoms with Gasteiger partial charge in [-0.2, -0.15) is 0 Å². The predicted molar refractivity (Wildman–Crippen MR) is 142 cm³/mol. The lowest BCUT2D eigenvalue weighted by molar-refractivity contribution is -0.140. The molecule has 0 saturated carbocycles. The average Bonchev–Trinajstić information content (AvgIpc) is 3.11. The van der Waals surface area contributed by atoms with Gasteiger partial charge in [-0.3, -0.25) is 9.59 Å². The van der Waals surface area contributed by atoms with Crippen molar-refractivity contribution < 1.29 is 24.2 Å². The smallest absolute Gasteiger partial charge is 0.295 e. The number of ketones is 1. The zero-order valence-electron chi connectivity index (χ0n) is 20.6. The Morgan fingerprint density at radius 2 is 1.64 bits per heavy atom. The fourth-order valence-electron chi connectivity index (χ4n) is 4.27. The van der Waals surface area contributed by atoms with Gasteiger partial charge in [0.2, 0.25) is 0 Å². The van der Waals surface area contributed by atoms with Gasteiger partial charge >= 0.3 is 0 Å². The highest BCUT2D eigenvalue weighted by Gasteiger charge is 2.46. The van der Waals surface area contributed by atoms with Crippen LogP contribution in [0.2, 0.25) is 0 Å². The highest BCUT2D eigenvalue weighted by Crippen LogP contribution is 2.41. The number of halogens is 1. The van der Waals surface area contributed by atoms with E-state index in [2.05, 4.69) is 15.9 Å². The molecule has 3 aromatic rings. The second-order valence-electron chi connectivity index (χ2n) is 8.97. The van der Waals surface area contributed by atoms with E-state index < -0.39 is 17.7 Å². The molecule has 1 unspecified atom stereocenters. The van der Waals surface area contributed by atoms with Crippen LogP contribution in [0.3, 0.4) is 0 Å². The normalized spacial score (nSPS) is 17.1. The Hall–Kier alpha value is -3.58. The summed E-state index contributed by atoms with van der Waals surface area (Å²) in [5.41, 5.74) is 2.98. The van der Waals surface area contributed by atoms with Crippen LogP contribution in [0, 0.1) is 6.92 Å². The molecule has 3 aromatic carbocycles. The van der Waals surface area contributed by atoms with Crippen LogP contribution in [0.15, 0.2) is 76.8 Å². The molecule has 36 heavy (non-hydrogen) atoms. The molecule has 0 spiro atoms. The van der Waals surface area contributed by atoms with Gasteiger partial charge in [-0.1, -0.05) is 46.3 Å². The number of hydrogen-bond acceptors (Lipinski definition) is 5. The van der Waals surface area contributed by atoms with Gasteiger partial charge in [0.05, 0.1) is 24.8 Å². The number of aryl methyl sites for hydroxylation is 1. The van der Waals surface area contributed by atoms with Gasteiger partial charge in [0.1, 0.15) is 17.3 Å². The molecule has 1 saturated heterocycles. The standard InChI is InChI=1S/C29H28BrNO5/c1-17(2)36-23-12-7-20(8-13-23)26-25(27(32)21-9-14-24(30)18(3)15-21)28(33)29(34)31(26)16-19-5-10-22(35-4)11-6-19/h5-15,17,26,32H,16H2,1-4H3/b27-25-. The van der Waals surface area contributed by atoms with E-state index in [1.165, 1.54) is 4.90 Å². The maximum Gasteiger partial charge on any atom is 0.295 e. The second-order valence-corrected chi connectivity index (χ2v) is 9.83. The maximum atomic E-state index is 13.3. The topological polar surface area (TPSA) is 76.1 Å². The molecule has 0 aliphatic carbocycles. The Morgan fingerprint density at radius 1 is 1.00 bits per heavy atom. The molecule has 1 amide bonds. The number of ether oxygens (including phenoxy) is 2. The van der Waals surface area contributed by atoms with Crippen molar-refractivity contribution in [1.29, 1.82) is 0 Å². The van der Waals surface area contributed by atoms with Crippen LogP contribution in [0.5, 0.6) is 11.5 Å². The average molecular weight is 550 g/mol. The van der Waals surface area contributed by atoms with Gasteiger partial charge in [-0.05, 0) is 73.9 Å². The highest BCUT2D eigenvalue weighted by atomic mass is 79.9. The third-order valence-electron chi connectivity index (χ3n) is 6.05. The van der Waals surface area contributed by atoms with Crippen molar-refractivity contribution in [3.63, 3.8) is 0 Å². The third kappa shape index (κ3) is 5.16. The first-order valence-corrected chi connectivity index (χ1v) is 12.4. The number of likely N-dealkylation sites (tertiary alicyclic amines) is 1. The molecule has 0 bridgehead atoms. The minimum atomic E-state index is -0.760. The van der Waals surface area contributed by atoms with Gasteiger partial charge < -0.3 is 19.5 Å². The third-order valence-corrected chi connectivity index (χ3v) is 6.94. The summed E-state index contributed by atoms with van der Waals surface area (Å²) in [7, 11) is 1.59. The fourth-order valence-corrected chi connectivity index (χ4v) is 4.51. The quantitative estimate of drug-likeness (QED) is 0.216.